The zero-order chi connectivity index (χ0) is 17.4. The molecular weight excluding hydrogens is 325 g/mol. The van der Waals surface area contributed by atoms with E-state index in [2.05, 4.69) is 15.1 Å². The molecule has 1 N–H and O–H groups in total. The highest BCUT2D eigenvalue weighted by Gasteiger charge is 2.58. The first-order chi connectivity index (χ1) is 11.3. The zero-order valence-electron chi connectivity index (χ0n) is 13.3. The molecule has 0 spiro atoms. The maximum atomic E-state index is 13.5. The van der Waals surface area contributed by atoms with Crippen LogP contribution in [0.1, 0.15) is 55.6 Å². The predicted octanol–water partition coefficient (Wildman–Crippen LogP) is 2.84. The van der Waals surface area contributed by atoms with Crippen molar-refractivity contribution in [3.63, 3.8) is 0 Å². The van der Waals surface area contributed by atoms with Crippen LogP contribution in [0, 0.1) is 0 Å². The largest absolute Gasteiger partial charge is 0.425 e. The molecule has 1 aliphatic rings. The molecular formula is C15H19F3N4O2. The second-order valence-corrected chi connectivity index (χ2v) is 6.28. The number of alkyl halides is 3. The van der Waals surface area contributed by atoms with Gasteiger partial charge in [0.05, 0.1) is 6.42 Å². The molecule has 24 heavy (non-hydrogen) atoms. The van der Waals surface area contributed by atoms with Gasteiger partial charge in [-0.15, -0.1) is 0 Å². The van der Waals surface area contributed by atoms with Crippen molar-refractivity contribution in [2.24, 2.45) is 7.05 Å². The van der Waals surface area contributed by atoms with Gasteiger partial charge in [0.1, 0.15) is 0 Å². The van der Waals surface area contributed by atoms with Crippen LogP contribution in [0.25, 0.3) is 0 Å². The van der Waals surface area contributed by atoms with Gasteiger partial charge in [0.25, 0.3) is 0 Å². The molecule has 9 heteroatoms. The van der Waals surface area contributed by atoms with E-state index in [1.165, 1.54) is 19.4 Å². The van der Waals surface area contributed by atoms with Gasteiger partial charge in [-0.25, -0.2) is 4.98 Å². The third kappa shape index (κ3) is 3.04. The fraction of sp³-hybridized carbons (Fsp3) is 0.667. The molecule has 1 aliphatic carbocycles. The molecule has 0 radical (unpaired) electrons. The van der Waals surface area contributed by atoms with E-state index in [4.69, 9.17) is 4.52 Å². The molecule has 0 aromatic carbocycles. The van der Waals surface area contributed by atoms with E-state index in [1.807, 2.05) is 0 Å². The van der Waals surface area contributed by atoms with Crippen molar-refractivity contribution >= 4 is 0 Å². The van der Waals surface area contributed by atoms with Crippen molar-refractivity contribution in [3.05, 3.63) is 29.9 Å². The molecule has 132 valence electrons. The quantitative estimate of drug-likeness (QED) is 0.923. The van der Waals surface area contributed by atoms with E-state index in [-0.39, 0.29) is 11.8 Å². The maximum absolute atomic E-state index is 13.5. The summed E-state index contributed by atoms with van der Waals surface area (Å²) >= 11 is 0. The standard InChI is InChI=1S/C15H19F3N4O2/c1-22-8-7-19-13(22)14(23,15(16,17)18)9-11-20-12(21-24-11)10-5-3-2-4-6-10/h7-8,10,23H,2-6,9H2,1H3. The summed E-state index contributed by atoms with van der Waals surface area (Å²) in [5.74, 6) is -0.205. The normalized spacial score (nSPS) is 19.4. The van der Waals surface area contributed by atoms with Gasteiger partial charge in [0, 0.05) is 25.4 Å². The lowest BCUT2D eigenvalue weighted by Crippen LogP contribution is -2.46. The Morgan fingerprint density at radius 1 is 1.29 bits per heavy atom. The molecule has 3 rings (SSSR count). The van der Waals surface area contributed by atoms with Crippen molar-refractivity contribution in [2.45, 2.75) is 56.2 Å². The van der Waals surface area contributed by atoms with Crippen LogP contribution in [0.2, 0.25) is 0 Å². The third-order valence-corrected chi connectivity index (χ3v) is 4.52. The van der Waals surface area contributed by atoms with Gasteiger partial charge in [-0.1, -0.05) is 24.4 Å². The molecule has 6 nitrogen and oxygen atoms in total. The Balaban J connectivity index is 1.86. The van der Waals surface area contributed by atoms with E-state index in [9.17, 15) is 18.3 Å². The molecule has 0 bridgehead atoms. The molecule has 2 aromatic heterocycles. The first kappa shape index (κ1) is 16.9. The average molecular weight is 344 g/mol. The second kappa shape index (κ2) is 6.19. The van der Waals surface area contributed by atoms with Crippen molar-refractivity contribution < 1.29 is 22.8 Å². The Labute approximate surface area is 136 Å². The lowest BCUT2D eigenvalue weighted by molar-refractivity contribution is -0.271. The van der Waals surface area contributed by atoms with Crippen LogP contribution in [-0.4, -0.2) is 31.0 Å². The van der Waals surface area contributed by atoms with Gasteiger partial charge >= 0.3 is 6.18 Å². The van der Waals surface area contributed by atoms with Crippen LogP contribution in [-0.2, 0) is 19.1 Å². The summed E-state index contributed by atoms with van der Waals surface area (Å²) in [5, 5.41) is 14.1. The Morgan fingerprint density at radius 2 is 2.00 bits per heavy atom. The van der Waals surface area contributed by atoms with Crippen LogP contribution >= 0.6 is 0 Å². The van der Waals surface area contributed by atoms with Crippen LogP contribution in [0.3, 0.4) is 0 Å². The molecule has 1 unspecified atom stereocenters. The summed E-state index contributed by atoms with van der Waals surface area (Å²) in [5.41, 5.74) is -3.18. The highest BCUT2D eigenvalue weighted by Crippen LogP contribution is 2.40. The summed E-state index contributed by atoms with van der Waals surface area (Å²) < 4.78 is 46.6. The monoisotopic (exact) mass is 344 g/mol. The minimum absolute atomic E-state index is 0.114. The minimum atomic E-state index is -4.93. The Morgan fingerprint density at radius 3 is 2.58 bits per heavy atom. The first-order valence-corrected chi connectivity index (χ1v) is 7.90. The van der Waals surface area contributed by atoms with Gasteiger partial charge < -0.3 is 14.2 Å². The summed E-state index contributed by atoms with van der Waals surface area (Å²) in [6, 6.07) is 0. The smallest absolute Gasteiger partial charge is 0.374 e. The van der Waals surface area contributed by atoms with E-state index in [0.717, 1.165) is 36.7 Å². The Bertz CT molecular complexity index is 691. The van der Waals surface area contributed by atoms with Gasteiger partial charge in [-0.3, -0.25) is 0 Å². The molecule has 2 heterocycles. The number of nitrogens with zero attached hydrogens (tertiary/aromatic N) is 4. The zero-order valence-corrected chi connectivity index (χ0v) is 13.3. The number of rotatable bonds is 4. The van der Waals surface area contributed by atoms with E-state index in [0.29, 0.717) is 5.82 Å². The lowest BCUT2D eigenvalue weighted by Gasteiger charge is -2.28. The molecule has 1 fully saturated rings. The first-order valence-electron chi connectivity index (χ1n) is 7.90. The summed E-state index contributed by atoms with van der Waals surface area (Å²) in [6.45, 7) is 0. The van der Waals surface area contributed by atoms with Gasteiger partial charge in [-0.2, -0.15) is 18.2 Å². The van der Waals surface area contributed by atoms with Crippen LogP contribution < -0.4 is 0 Å². The van der Waals surface area contributed by atoms with E-state index in [1.54, 1.807) is 0 Å². The Hall–Kier alpha value is -1.90. The molecule has 0 aliphatic heterocycles. The second-order valence-electron chi connectivity index (χ2n) is 6.28. The highest BCUT2D eigenvalue weighted by atomic mass is 19.4. The molecule has 1 atom stereocenters. The number of hydrogen-bond donors (Lipinski definition) is 1. The summed E-state index contributed by atoms with van der Waals surface area (Å²) in [7, 11) is 1.39. The number of hydrogen-bond acceptors (Lipinski definition) is 5. The molecule has 0 saturated heterocycles. The van der Waals surface area contributed by atoms with Crippen LogP contribution in [0.5, 0.6) is 0 Å². The van der Waals surface area contributed by atoms with Crippen LogP contribution in [0.4, 0.5) is 13.2 Å². The van der Waals surface area contributed by atoms with Crippen LogP contribution in [0.15, 0.2) is 16.9 Å². The molecule has 1 saturated carbocycles. The van der Waals surface area contributed by atoms with Gasteiger partial charge in [0.2, 0.25) is 11.5 Å². The van der Waals surface area contributed by atoms with Crippen molar-refractivity contribution in [3.8, 4) is 0 Å². The topological polar surface area (TPSA) is 77.0 Å². The number of halogens is 3. The summed E-state index contributed by atoms with van der Waals surface area (Å²) in [6.07, 6.45) is 1.81. The lowest BCUT2D eigenvalue weighted by atomic mass is 9.89. The number of aliphatic hydroxyl groups is 1. The van der Waals surface area contributed by atoms with E-state index >= 15 is 0 Å². The number of imidazole rings is 1. The van der Waals surface area contributed by atoms with Crippen molar-refractivity contribution in [1.82, 2.24) is 19.7 Å². The third-order valence-electron chi connectivity index (χ3n) is 4.52. The number of aromatic nitrogens is 4. The average Bonchev–Trinajstić information content (AvgIpc) is 3.16. The predicted molar refractivity (Wildman–Crippen MR) is 77.0 cm³/mol. The van der Waals surface area contributed by atoms with E-state index < -0.39 is 24.0 Å². The van der Waals surface area contributed by atoms with Gasteiger partial charge in [-0.05, 0) is 12.8 Å². The highest BCUT2D eigenvalue weighted by molar-refractivity contribution is 5.12. The molecule has 0 amide bonds. The molecule has 2 aromatic rings. The minimum Gasteiger partial charge on any atom is -0.374 e. The van der Waals surface area contributed by atoms with Gasteiger partial charge in [0.15, 0.2) is 11.6 Å². The SMILES string of the molecule is Cn1ccnc1C(O)(Cc1nc(C2CCCCC2)no1)C(F)(F)F. The summed E-state index contributed by atoms with van der Waals surface area (Å²) in [4.78, 5) is 7.75. The fourth-order valence-corrected chi connectivity index (χ4v) is 3.16. The van der Waals surface area contributed by atoms with Crippen molar-refractivity contribution in [1.29, 1.82) is 0 Å². The number of aryl methyl sites for hydroxylation is 1. The van der Waals surface area contributed by atoms with Crippen molar-refractivity contribution in [2.75, 3.05) is 0 Å². The maximum Gasteiger partial charge on any atom is 0.425 e. The Kier molecular flexibility index (Phi) is 4.37. The fourth-order valence-electron chi connectivity index (χ4n) is 3.16.